The first-order valence-corrected chi connectivity index (χ1v) is 10.8. The third kappa shape index (κ3) is 6.02. The molecule has 0 aromatic rings. The summed E-state index contributed by atoms with van der Waals surface area (Å²) in [5, 5.41) is 0. The van der Waals surface area contributed by atoms with Crippen molar-refractivity contribution >= 4 is 0 Å². The first-order valence-electron chi connectivity index (χ1n) is 10.8. The maximum atomic E-state index is 5.51. The van der Waals surface area contributed by atoms with Crippen LogP contribution in [0.2, 0.25) is 0 Å². The van der Waals surface area contributed by atoms with Crippen LogP contribution in [0.25, 0.3) is 0 Å². The van der Waals surface area contributed by atoms with Gasteiger partial charge in [-0.15, -0.1) is 0 Å². The molecule has 2 heterocycles. The van der Waals surface area contributed by atoms with Crippen molar-refractivity contribution in [2.45, 2.75) is 116 Å². The number of fused-ring (bicyclic) bond motifs is 2. The average Bonchev–Trinajstić information content (AvgIpc) is 3.44. The van der Waals surface area contributed by atoms with Gasteiger partial charge in [0.25, 0.3) is 0 Å². The summed E-state index contributed by atoms with van der Waals surface area (Å²) in [5.41, 5.74) is 0. The van der Waals surface area contributed by atoms with E-state index in [1.54, 1.807) is 0 Å². The first-order chi connectivity index (χ1) is 11.5. The van der Waals surface area contributed by atoms with Gasteiger partial charge in [-0.3, -0.25) is 0 Å². The minimum absolute atomic E-state index is 0.677. The summed E-state index contributed by atoms with van der Waals surface area (Å²) >= 11 is 0. The van der Waals surface area contributed by atoms with Crippen LogP contribution in [0.15, 0.2) is 0 Å². The fourth-order valence-corrected chi connectivity index (χ4v) is 4.64. The Bertz CT molecular complexity index is 342. The van der Waals surface area contributed by atoms with E-state index in [9.17, 15) is 0 Å². The summed E-state index contributed by atoms with van der Waals surface area (Å²) in [4.78, 5) is 0. The van der Waals surface area contributed by atoms with Crippen LogP contribution in [0.1, 0.15) is 91.9 Å². The van der Waals surface area contributed by atoms with Gasteiger partial charge in [-0.1, -0.05) is 53.4 Å². The smallest absolute Gasteiger partial charge is 0.0844 e. The maximum Gasteiger partial charge on any atom is 0.0844 e. The van der Waals surface area contributed by atoms with Crippen LogP contribution >= 0.6 is 0 Å². The molecular weight excluding hydrogens is 296 g/mol. The van der Waals surface area contributed by atoms with Crippen LogP contribution in [-0.4, -0.2) is 24.4 Å². The minimum atomic E-state index is 0.677. The normalized spacial score (nSPS) is 39.8. The molecule has 2 saturated heterocycles. The second kappa shape index (κ2) is 8.54. The number of ether oxygens (including phenoxy) is 2. The number of epoxide rings is 2. The highest BCUT2D eigenvalue weighted by molar-refractivity contribution is 4.92. The van der Waals surface area contributed by atoms with Gasteiger partial charge in [-0.2, -0.15) is 0 Å². The van der Waals surface area contributed by atoms with Crippen molar-refractivity contribution in [3.05, 3.63) is 0 Å². The lowest BCUT2D eigenvalue weighted by Crippen LogP contribution is -2.13. The molecule has 4 rings (SSSR count). The van der Waals surface area contributed by atoms with E-state index in [4.69, 9.17) is 9.47 Å². The van der Waals surface area contributed by atoms with Gasteiger partial charge in [0.15, 0.2) is 0 Å². The highest BCUT2D eigenvalue weighted by atomic mass is 16.6. The molecule has 0 bridgehead atoms. The quantitative estimate of drug-likeness (QED) is 0.557. The van der Waals surface area contributed by atoms with Gasteiger partial charge >= 0.3 is 0 Å². The third-order valence-electron chi connectivity index (χ3n) is 6.53. The lowest BCUT2D eigenvalue weighted by atomic mass is 9.85. The third-order valence-corrected chi connectivity index (χ3v) is 6.53. The Labute approximate surface area is 150 Å². The molecule has 0 amide bonds. The largest absolute Gasteiger partial charge is 0.370 e. The summed E-state index contributed by atoms with van der Waals surface area (Å²) in [5.74, 6) is 3.72. The fourth-order valence-electron chi connectivity index (χ4n) is 4.64. The Balaban J connectivity index is 0.000000141. The van der Waals surface area contributed by atoms with E-state index in [2.05, 4.69) is 27.7 Å². The Morgan fingerprint density at radius 1 is 0.625 bits per heavy atom. The molecule has 4 aliphatic rings. The van der Waals surface area contributed by atoms with Gasteiger partial charge in [0.2, 0.25) is 0 Å². The maximum absolute atomic E-state index is 5.51. The summed E-state index contributed by atoms with van der Waals surface area (Å²) in [7, 11) is 0. The molecule has 0 aromatic carbocycles. The summed E-state index contributed by atoms with van der Waals surface area (Å²) in [6.45, 7) is 9.27. The van der Waals surface area contributed by atoms with Crippen LogP contribution in [0.4, 0.5) is 0 Å². The Kier molecular flexibility index (Phi) is 6.65. The molecule has 6 unspecified atom stereocenters. The van der Waals surface area contributed by atoms with E-state index in [1.165, 1.54) is 64.2 Å². The summed E-state index contributed by atoms with van der Waals surface area (Å²) in [6, 6.07) is 0. The van der Waals surface area contributed by atoms with Gasteiger partial charge in [0.05, 0.1) is 24.4 Å². The van der Waals surface area contributed by atoms with Crippen LogP contribution in [-0.2, 0) is 9.47 Å². The monoisotopic (exact) mass is 336 g/mol. The van der Waals surface area contributed by atoms with Gasteiger partial charge in [-0.25, -0.2) is 0 Å². The van der Waals surface area contributed by atoms with Gasteiger partial charge in [-0.05, 0) is 62.2 Å². The Hall–Kier alpha value is -0.0800. The fraction of sp³-hybridized carbons (Fsp3) is 1.00. The van der Waals surface area contributed by atoms with Gasteiger partial charge < -0.3 is 9.47 Å². The summed E-state index contributed by atoms with van der Waals surface area (Å²) < 4.78 is 11.0. The van der Waals surface area contributed by atoms with E-state index >= 15 is 0 Å². The van der Waals surface area contributed by atoms with E-state index in [0.29, 0.717) is 24.4 Å². The topological polar surface area (TPSA) is 25.1 Å². The second-order valence-electron chi connectivity index (χ2n) is 9.73. The number of hydrogen-bond acceptors (Lipinski definition) is 2. The molecule has 0 radical (unpaired) electrons. The predicted octanol–water partition coefficient (Wildman–Crippen LogP) is 5.98. The van der Waals surface area contributed by atoms with Crippen molar-refractivity contribution < 1.29 is 9.47 Å². The number of hydrogen-bond donors (Lipinski definition) is 0. The zero-order chi connectivity index (χ0) is 17.1. The molecule has 2 aliphatic heterocycles. The standard InChI is InChI=1S/2C11H20O/c2*1-8(2)3-4-9-5-6-10-11(7-9)12-10/h2*8-11H,3-7H2,1-2H3. The molecule has 2 aliphatic carbocycles. The van der Waals surface area contributed by atoms with Crippen molar-refractivity contribution in [3.63, 3.8) is 0 Å². The Morgan fingerprint density at radius 2 is 1.04 bits per heavy atom. The molecule has 6 atom stereocenters. The molecular formula is C22H40O2. The molecule has 0 N–H and O–H groups in total. The van der Waals surface area contributed by atoms with Gasteiger partial charge in [0, 0.05) is 0 Å². The number of rotatable bonds is 6. The zero-order valence-corrected chi connectivity index (χ0v) is 16.5. The van der Waals surface area contributed by atoms with Crippen molar-refractivity contribution in [1.29, 1.82) is 0 Å². The van der Waals surface area contributed by atoms with E-state index in [0.717, 1.165) is 23.7 Å². The lowest BCUT2D eigenvalue weighted by molar-refractivity contribution is 0.333. The average molecular weight is 337 g/mol. The SMILES string of the molecule is CC(C)CCC1CCC2OC2C1.CC(C)CCC1CCC2OC2C1. The van der Waals surface area contributed by atoms with Crippen LogP contribution in [0.3, 0.4) is 0 Å². The molecule has 0 spiro atoms. The van der Waals surface area contributed by atoms with Crippen LogP contribution < -0.4 is 0 Å². The lowest BCUT2D eigenvalue weighted by Gasteiger charge is -2.19. The molecule has 2 heteroatoms. The highest BCUT2D eigenvalue weighted by Gasteiger charge is 2.44. The van der Waals surface area contributed by atoms with Gasteiger partial charge in [0.1, 0.15) is 0 Å². The first kappa shape index (κ1) is 18.7. The zero-order valence-electron chi connectivity index (χ0n) is 16.5. The highest BCUT2D eigenvalue weighted by Crippen LogP contribution is 2.42. The Morgan fingerprint density at radius 3 is 1.38 bits per heavy atom. The summed E-state index contributed by atoms with van der Waals surface area (Å²) in [6.07, 6.45) is 16.6. The minimum Gasteiger partial charge on any atom is -0.370 e. The van der Waals surface area contributed by atoms with E-state index < -0.39 is 0 Å². The molecule has 0 aromatic heterocycles. The van der Waals surface area contributed by atoms with E-state index in [1.807, 2.05) is 0 Å². The molecule has 2 nitrogen and oxygen atoms in total. The molecule has 2 saturated carbocycles. The van der Waals surface area contributed by atoms with E-state index in [-0.39, 0.29) is 0 Å². The van der Waals surface area contributed by atoms with Crippen molar-refractivity contribution in [3.8, 4) is 0 Å². The molecule has 4 fully saturated rings. The van der Waals surface area contributed by atoms with Crippen molar-refractivity contribution in [1.82, 2.24) is 0 Å². The van der Waals surface area contributed by atoms with Crippen molar-refractivity contribution in [2.75, 3.05) is 0 Å². The van der Waals surface area contributed by atoms with Crippen LogP contribution in [0.5, 0.6) is 0 Å². The molecule has 24 heavy (non-hydrogen) atoms. The predicted molar refractivity (Wildman–Crippen MR) is 100 cm³/mol. The van der Waals surface area contributed by atoms with Crippen molar-refractivity contribution in [2.24, 2.45) is 23.7 Å². The van der Waals surface area contributed by atoms with Crippen LogP contribution in [0, 0.1) is 23.7 Å². The molecule has 140 valence electrons. The second-order valence-corrected chi connectivity index (χ2v) is 9.73.